The summed E-state index contributed by atoms with van der Waals surface area (Å²) >= 11 is 0. The zero-order valence-corrected chi connectivity index (χ0v) is 34.8. The molecule has 3 aromatic heterocycles. The lowest BCUT2D eigenvalue weighted by atomic mass is 9.67. The Bertz CT molecular complexity index is 2670. The van der Waals surface area contributed by atoms with E-state index in [2.05, 4.69) is 9.97 Å². The van der Waals surface area contributed by atoms with Gasteiger partial charge in [-0.2, -0.15) is 0 Å². The number of nitrogens with two attached hydrogens (primary N) is 2. The predicted molar refractivity (Wildman–Crippen MR) is 230 cm³/mol. The zero-order chi connectivity index (χ0) is 43.7. The number of phenols is 2. The topological polar surface area (TPSA) is 245 Å². The fourth-order valence-electron chi connectivity index (χ4n) is 11.1. The first kappa shape index (κ1) is 41.4. The summed E-state index contributed by atoms with van der Waals surface area (Å²) in [5.74, 6) is -2.95. The van der Waals surface area contributed by atoms with Gasteiger partial charge in [0.15, 0.2) is 5.43 Å². The molecule has 4 bridgehead atoms. The Morgan fingerprint density at radius 2 is 1.82 bits per heavy atom. The van der Waals surface area contributed by atoms with Gasteiger partial charge in [-0.25, -0.2) is 14.8 Å². The summed E-state index contributed by atoms with van der Waals surface area (Å²) in [4.78, 5) is 37.7. The van der Waals surface area contributed by atoms with Gasteiger partial charge in [-0.1, -0.05) is 31.1 Å². The van der Waals surface area contributed by atoms with Gasteiger partial charge in [0.05, 0.1) is 17.8 Å². The Labute approximate surface area is 357 Å². The minimum atomic E-state index is -1.39. The fraction of sp³-hybridized carbons (Fsp3) is 0.417. The third kappa shape index (κ3) is 6.75. The van der Waals surface area contributed by atoms with Crippen LogP contribution in [0, 0.1) is 5.92 Å². The van der Waals surface area contributed by atoms with Crippen LogP contribution < -0.4 is 21.6 Å². The number of aromatic nitrogens is 2. The van der Waals surface area contributed by atoms with Crippen LogP contribution >= 0.6 is 0 Å². The maximum absolute atomic E-state index is 14.5. The van der Waals surface area contributed by atoms with Crippen LogP contribution in [0.4, 0.5) is 11.6 Å². The minimum absolute atomic E-state index is 0.00404. The van der Waals surface area contributed by atoms with Gasteiger partial charge in [0.2, 0.25) is 0 Å². The Morgan fingerprint density at radius 1 is 1.03 bits per heavy atom. The van der Waals surface area contributed by atoms with E-state index in [9.17, 15) is 35.1 Å². The summed E-state index contributed by atoms with van der Waals surface area (Å²) in [6.45, 7) is 2.51. The summed E-state index contributed by atoms with van der Waals surface area (Å²) < 4.78 is 20.4. The van der Waals surface area contributed by atoms with E-state index in [1.54, 1.807) is 43.6 Å². The molecule has 14 nitrogen and oxygen atoms in total. The SMILES string of the molecule is C/C=C(\C(=O)O[C@@H]1Cc2c3c(c4oc(CO)cc(=O)c4c2O)[C@@H]2c4ccnc(N)c4[C@@H](CCc4ccc(O)cc4[C@H]2CO)C[C@@H](Cc2ccc(N)nc2)[C@]1(C)O3)C1(O)CCCC1. The Hall–Kier alpha value is -5.96. The van der Waals surface area contributed by atoms with Crippen LogP contribution in [0.3, 0.4) is 0 Å². The van der Waals surface area contributed by atoms with Gasteiger partial charge in [0, 0.05) is 59.3 Å². The molecule has 1 saturated carbocycles. The summed E-state index contributed by atoms with van der Waals surface area (Å²) in [5, 5.41) is 56.9. The molecule has 62 heavy (non-hydrogen) atoms. The second-order valence-corrected chi connectivity index (χ2v) is 17.6. The smallest absolute Gasteiger partial charge is 0.337 e. The summed E-state index contributed by atoms with van der Waals surface area (Å²) in [5.41, 5.74) is 14.0. The van der Waals surface area contributed by atoms with Crippen LogP contribution in [0.5, 0.6) is 17.2 Å². The quantitative estimate of drug-likeness (QED) is 0.0767. The third-order valence-corrected chi connectivity index (χ3v) is 14.2. The lowest BCUT2D eigenvalue weighted by molar-refractivity contribution is -0.167. The molecule has 0 spiro atoms. The highest BCUT2D eigenvalue weighted by Crippen LogP contribution is 2.58. The van der Waals surface area contributed by atoms with Crippen LogP contribution in [0.15, 0.2) is 75.7 Å². The van der Waals surface area contributed by atoms with Crippen LogP contribution in [-0.2, 0) is 35.4 Å². The molecule has 4 aliphatic rings. The van der Waals surface area contributed by atoms with Gasteiger partial charge in [0.25, 0.3) is 0 Å². The second-order valence-electron chi connectivity index (χ2n) is 17.6. The summed E-state index contributed by atoms with van der Waals surface area (Å²) in [7, 11) is 0. The van der Waals surface area contributed by atoms with Crippen molar-refractivity contribution in [2.45, 2.75) is 113 Å². The minimum Gasteiger partial charge on any atom is -0.508 e. The monoisotopic (exact) mass is 844 g/mol. The molecular weight excluding hydrogens is 793 g/mol. The number of aliphatic hydroxyl groups excluding tert-OH is 2. The number of ether oxygens (including phenoxy) is 2. The van der Waals surface area contributed by atoms with Gasteiger partial charge in [-0.3, -0.25) is 4.79 Å². The van der Waals surface area contributed by atoms with Crippen LogP contribution in [-0.4, -0.2) is 65.4 Å². The molecule has 2 aliphatic heterocycles. The van der Waals surface area contributed by atoms with Crippen LogP contribution in [0.2, 0.25) is 0 Å². The third-order valence-electron chi connectivity index (χ3n) is 14.2. The van der Waals surface area contributed by atoms with E-state index in [0.29, 0.717) is 61.0 Å². The number of benzene rings is 2. The van der Waals surface area contributed by atoms with Crippen molar-refractivity contribution >= 4 is 28.6 Å². The second kappa shape index (κ2) is 15.7. The van der Waals surface area contributed by atoms with Gasteiger partial charge < -0.3 is 50.9 Å². The zero-order valence-electron chi connectivity index (χ0n) is 34.8. The van der Waals surface area contributed by atoms with Crippen LogP contribution in [0.25, 0.3) is 11.0 Å². The Morgan fingerprint density at radius 3 is 2.53 bits per heavy atom. The number of carbonyl (C=O) groups excluding carboxylic acids is 1. The first-order valence-corrected chi connectivity index (χ1v) is 21.4. The number of aryl methyl sites for hydroxylation is 1. The number of rotatable bonds is 7. The number of nitrogen functional groups attached to an aromatic ring is 2. The number of hydrogen-bond donors (Lipinski definition) is 7. The van der Waals surface area contributed by atoms with E-state index in [1.807, 2.05) is 25.1 Å². The molecule has 2 aliphatic carbocycles. The van der Waals surface area contributed by atoms with E-state index in [4.69, 9.17) is 25.4 Å². The number of aliphatic hydroxyl groups is 3. The van der Waals surface area contributed by atoms with Crippen molar-refractivity contribution in [1.82, 2.24) is 9.97 Å². The normalized spacial score (nSPS) is 25.2. The molecule has 0 saturated heterocycles. The van der Waals surface area contributed by atoms with Crippen molar-refractivity contribution in [3.8, 4) is 17.2 Å². The molecule has 2 aromatic carbocycles. The summed E-state index contributed by atoms with van der Waals surface area (Å²) in [6.07, 6.45) is 7.87. The molecule has 5 heterocycles. The van der Waals surface area contributed by atoms with Crippen molar-refractivity contribution in [3.05, 3.63) is 121 Å². The van der Waals surface area contributed by atoms with Crippen molar-refractivity contribution in [3.63, 3.8) is 0 Å². The number of esters is 1. The molecule has 6 atom stereocenters. The maximum atomic E-state index is 14.5. The van der Waals surface area contributed by atoms with Gasteiger partial charge in [0.1, 0.15) is 63.9 Å². The largest absolute Gasteiger partial charge is 0.508 e. The highest BCUT2D eigenvalue weighted by molar-refractivity contribution is 5.93. The van der Waals surface area contributed by atoms with E-state index >= 15 is 0 Å². The number of pyridine rings is 2. The molecule has 5 aromatic rings. The van der Waals surface area contributed by atoms with E-state index < -0.39 is 65.4 Å². The van der Waals surface area contributed by atoms with Gasteiger partial charge >= 0.3 is 5.97 Å². The number of allylic oxidation sites excluding steroid dienone is 1. The highest BCUT2D eigenvalue weighted by Gasteiger charge is 2.54. The molecule has 324 valence electrons. The lowest BCUT2D eigenvalue weighted by Gasteiger charge is -2.49. The number of carbonyl (C=O) groups is 1. The molecule has 9 N–H and O–H groups in total. The summed E-state index contributed by atoms with van der Waals surface area (Å²) in [6, 6.07) is 11.7. The van der Waals surface area contributed by atoms with Crippen LogP contribution in [0.1, 0.15) is 115 Å². The van der Waals surface area contributed by atoms with E-state index in [1.165, 1.54) is 0 Å². The average molecular weight is 845 g/mol. The predicted octanol–water partition coefficient (Wildman–Crippen LogP) is 5.71. The standard InChI is InChI=1S/C48H52N4O10/c1-3-34(48(59)13-4-5-14-48)46(58)61-36-20-32-42(57)40-35(56)19-29(22-53)60-44(40)41-39-30-12-15-51-45(50)38(30)26(8-7-25-9-10-28(55)18-31(25)33(39)23-54)17-27(47(36,2)62-43(32)41)16-24-6-11-37(49)52-21-24/h3,6,9-12,15,18-19,21,26-27,33,36,39,53-55,57,59H,4-5,7-8,13-14,16-17,20,22-23H2,1-2H3,(H2,49,52)(H2,50,51)/b34-3+/t26-,27+,33+,36+,39+,47-/m0/s1. The molecule has 9 rings (SSSR count). The van der Waals surface area contributed by atoms with Crippen molar-refractivity contribution < 1.29 is 44.2 Å². The van der Waals surface area contributed by atoms with E-state index in [0.717, 1.165) is 35.6 Å². The number of anilines is 2. The van der Waals surface area contributed by atoms with Gasteiger partial charge in [-0.05, 0) is 105 Å². The lowest BCUT2D eigenvalue weighted by Crippen LogP contribution is -2.57. The Kier molecular flexibility index (Phi) is 10.5. The number of aromatic hydroxyl groups is 2. The number of fused-ring (bicyclic) bond motifs is 5. The fourth-order valence-corrected chi connectivity index (χ4v) is 11.1. The molecule has 1 fully saturated rings. The number of nitrogens with zero attached hydrogens (tertiary/aromatic N) is 2. The molecule has 0 unspecified atom stereocenters. The Balaban J connectivity index is 1.39. The highest BCUT2D eigenvalue weighted by atomic mass is 16.6. The number of phenolic OH excluding ortho intramolecular Hbond substituents is 2. The van der Waals surface area contributed by atoms with Gasteiger partial charge in [-0.15, -0.1) is 0 Å². The molecule has 14 heteroatoms. The van der Waals surface area contributed by atoms with E-state index in [-0.39, 0.29) is 57.5 Å². The average Bonchev–Trinajstić information content (AvgIpc) is 3.70. The van der Waals surface area contributed by atoms with Crippen molar-refractivity contribution in [2.75, 3.05) is 18.1 Å². The first-order valence-electron chi connectivity index (χ1n) is 21.4. The molecular formula is C48H52N4O10. The molecule has 0 amide bonds. The maximum Gasteiger partial charge on any atom is 0.337 e. The molecule has 0 radical (unpaired) electrons. The first-order chi connectivity index (χ1) is 29.8. The van der Waals surface area contributed by atoms with Crippen molar-refractivity contribution in [1.29, 1.82) is 0 Å². The number of hydrogen-bond acceptors (Lipinski definition) is 14. The van der Waals surface area contributed by atoms with Crippen molar-refractivity contribution in [2.24, 2.45) is 5.92 Å².